The van der Waals surface area contributed by atoms with Crippen LogP contribution in [-0.4, -0.2) is 14.5 Å². The number of benzene rings is 1. The number of pyridine rings is 1. The minimum Gasteiger partial charge on any atom is -0.295 e. The van der Waals surface area contributed by atoms with Gasteiger partial charge < -0.3 is 0 Å². The molecule has 0 aliphatic heterocycles. The number of halogens is 3. The van der Waals surface area contributed by atoms with E-state index in [0.29, 0.717) is 11.1 Å². The second-order valence-corrected chi connectivity index (χ2v) is 6.34. The Hall–Kier alpha value is -2.70. The predicted molar refractivity (Wildman–Crippen MR) is 87.0 cm³/mol. The third-order valence-corrected chi connectivity index (χ3v) is 4.41. The smallest absolute Gasteiger partial charge is 0.270 e. The van der Waals surface area contributed by atoms with E-state index >= 15 is 0 Å². The number of hydrogen-bond acceptors (Lipinski definition) is 3. The standard InChI is InChI=1S/C18H14F3N3O/c1-18(20,21)11-4-2-10(3-5-11)13-8-22-16(19)14-15(13)23-9-24(17(14)25)12-6-7-12/h2-5,8-9,12H,6-7H2,1H3. The Morgan fingerprint density at radius 2 is 1.84 bits per heavy atom. The van der Waals surface area contributed by atoms with E-state index in [-0.39, 0.29) is 22.5 Å². The first-order valence-electron chi connectivity index (χ1n) is 7.90. The minimum atomic E-state index is -2.95. The largest absolute Gasteiger partial charge is 0.295 e. The highest BCUT2D eigenvalue weighted by atomic mass is 19.3. The SMILES string of the molecule is CC(F)(F)c1ccc(-c2cnc(F)c3c(=O)n(C4CC4)cnc23)cc1. The van der Waals surface area contributed by atoms with Gasteiger partial charge in [-0.15, -0.1) is 0 Å². The number of fused-ring (bicyclic) bond motifs is 1. The van der Waals surface area contributed by atoms with Crippen LogP contribution in [0.4, 0.5) is 13.2 Å². The van der Waals surface area contributed by atoms with Crippen LogP contribution >= 0.6 is 0 Å². The second kappa shape index (κ2) is 5.40. The van der Waals surface area contributed by atoms with Gasteiger partial charge in [0.1, 0.15) is 5.39 Å². The van der Waals surface area contributed by atoms with Crippen LogP contribution in [-0.2, 0) is 5.92 Å². The van der Waals surface area contributed by atoms with Gasteiger partial charge in [-0.25, -0.2) is 18.7 Å². The molecule has 128 valence electrons. The highest BCUT2D eigenvalue weighted by Gasteiger charge is 2.27. The third-order valence-electron chi connectivity index (χ3n) is 4.41. The molecule has 1 aliphatic carbocycles. The second-order valence-electron chi connectivity index (χ2n) is 6.34. The quantitative estimate of drug-likeness (QED) is 0.673. The van der Waals surface area contributed by atoms with Crippen LogP contribution in [0.3, 0.4) is 0 Å². The molecule has 1 aliphatic rings. The van der Waals surface area contributed by atoms with Gasteiger partial charge in [0.15, 0.2) is 0 Å². The summed E-state index contributed by atoms with van der Waals surface area (Å²) in [4.78, 5) is 20.5. The zero-order valence-electron chi connectivity index (χ0n) is 13.3. The summed E-state index contributed by atoms with van der Waals surface area (Å²) in [5.74, 6) is -3.82. The number of hydrogen-bond donors (Lipinski definition) is 0. The van der Waals surface area contributed by atoms with Crippen LogP contribution < -0.4 is 5.56 Å². The first kappa shape index (κ1) is 15.8. The molecule has 0 unspecified atom stereocenters. The molecule has 7 heteroatoms. The van der Waals surface area contributed by atoms with Crippen LogP contribution in [0.25, 0.3) is 22.0 Å². The Balaban J connectivity index is 1.89. The first-order valence-corrected chi connectivity index (χ1v) is 7.90. The molecule has 0 radical (unpaired) electrons. The average molecular weight is 345 g/mol. The normalized spacial score (nSPS) is 14.9. The molecule has 0 bridgehead atoms. The van der Waals surface area contributed by atoms with Crippen molar-refractivity contribution < 1.29 is 13.2 Å². The van der Waals surface area contributed by atoms with E-state index < -0.39 is 17.4 Å². The summed E-state index contributed by atoms with van der Waals surface area (Å²) in [5.41, 5.74) is 0.574. The van der Waals surface area contributed by atoms with E-state index in [1.54, 1.807) is 0 Å². The van der Waals surface area contributed by atoms with Gasteiger partial charge in [-0.05, 0) is 18.4 Å². The summed E-state index contributed by atoms with van der Waals surface area (Å²) in [6.07, 6.45) is 4.42. The Kier molecular flexibility index (Phi) is 3.42. The molecule has 3 aromatic rings. The van der Waals surface area contributed by atoms with E-state index in [2.05, 4.69) is 9.97 Å². The average Bonchev–Trinajstić information content (AvgIpc) is 3.39. The van der Waals surface area contributed by atoms with Crippen LogP contribution in [0.1, 0.15) is 31.4 Å². The van der Waals surface area contributed by atoms with Crippen molar-refractivity contribution in [2.75, 3.05) is 0 Å². The number of alkyl halides is 2. The van der Waals surface area contributed by atoms with Crippen molar-refractivity contribution in [1.82, 2.24) is 14.5 Å². The van der Waals surface area contributed by atoms with Gasteiger partial charge in [0.25, 0.3) is 11.5 Å². The van der Waals surface area contributed by atoms with Crippen LogP contribution in [0, 0.1) is 5.95 Å². The molecule has 4 rings (SSSR count). The van der Waals surface area contributed by atoms with Crippen molar-refractivity contribution in [2.24, 2.45) is 0 Å². The Morgan fingerprint density at radius 1 is 1.16 bits per heavy atom. The monoisotopic (exact) mass is 345 g/mol. The topological polar surface area (TPSA) is 47.8 Å². The summed E-state index contributed by atoms with van der Waals surface area (Å²) < 4.78 is 42.3. The molecule has 1 aromatic carbocycles. The van der Waals surface area contributed by atoms with Gasteiger partial charge >= 0.3 is 0 Å². The lowest BCUT2D eigenvalue weighted by molar-refractivity contribution is 0.0175. The summed E-state index contributed by atoms with van der Waals surface area (Å²) >= 11 is 0. The van der Waals surface area contributed by atoms with Crippen molar-refractivity contribution in [3.8, 4) is 11.1 Å². The minimum absolute atomic E-state index is 0.0681. The zero-order chi connectivity index (χ0) is 17.8. The van der Waals surface area contributed by atoms with Crippen molar-refractivity contribution in [3.05, 3.63) is 58.7 Å². The molecule has 0 spiro atoms. The molecule has 2 heterocycles. The summed E-state index contributed by atoms with van der Waals surface area (Å²) in [5, 5.41) is -0.170. The van der Waals surface area contributed by atoms with E-state index in [4.69, 9.17) is 0 Å². The third kappa shape index (κ3) is 2.69. The fraction of sp³-hybridized carbons (Fsp3) is 0.278. The van der Waals surface area contributed by atoms with Gasteiger partial charge in [0, 0.05) is 30.3 Å². The molecule has 0 saturated heterocycles. The molecular weight excluding hydrogens is 331 g/mol. The molecular formula is C18H14F3N3O. The maximum Gasteiger partial charge on any atom is 0.270 e. The van der Waals surface area contributed by atoms with Crippen LogP contribution in [0.15, 0.2) is 41.6 Å². The number of aromatic nitrogens is 3. The maximum absolute atomic E-state index is 14.2. The Labute approximate surface area is 141 Å². The summed E-state index contributed by atoms with van der Waals surface area (Å²) in [7, 11) is 0. The van der Waals surface area contributed by atoms with E-state index in [9.17, 15) is 18.0 Å². The fourth-order valence-electron chi connectivity index (χ4n) is 2.87. The maximum atomic E-state index is 14.2. The van der Waals surface area contributed by atoms with Gasteiger partial charge in [0.2, 0.25) is 5.95 Å². The summed E-state index contributed by atoms with van der Waals surface area (Å²) in [6.45, 7) is 0.818. The molecule has 0 amide bonds. The lowest BCUT2D eigenvalue weighted by Gasteiger charge is -2.12. The number of rotatable bonds is 3. The molecule has 2 aromatic heterocycles. The lowest BCUT2D eigenvalue weighted by atomic mass is 10.0. The highest BCUT2D eigenvalue weighted by Crippen LogP contribution is 2.34. The van der Waals surface area contributed by atoms with Gasteiger partial charge in [0.05, 0.1) is 11.8 Å². The number of nitrogens with zero attached hydrogens (tertiary/aromatic N) is 3. The van der Waals surface area contributed by atoms with Crippen LogP contribution in [0.5, 0.6) is 0 Å². The molecule has 0 N–H and O–H groups in total. The zero-order valence-corrected chi connectivity index (χ0v) is 13.3. The van der Waals surface area contributed by atoms with Crippen molar-refractivity contribution in [3.63, 3.8) is 0 Å². The molecule has 0 atom stereocenters. The highest BCUT2D eigenvalue weighted by molar-refractivity contribution is 5.92. The van der Waals surface area contributed by atoms with Crippen molar-refractivity contribution in [2.45, 2.75) is 31.7 Å². The summed E-state index contributed by atoms with van der Waals surface area (Å²) in [6, 6.07) is 5.66. The van der Waals surface area contributed by atoms with E-state index in [1.165, 1.54) is 41.4 Å². The first-order chi connectivity index (χ1) is 11.9. The van der Waals surface area contributed by atoms with Crippen molar-refractivity contribution in [1.29, 1.82) is 0 Å². The Morgan fingerprint density at radius 3 is 2.44 bits per heavy atom. The predicted octanol–water partition coefficient (Wildman–Crippen LogP) is 4.04. The van der Waals surface area contributed by atoms with Crippen LogP contribution in [0.2, 0.25) is 0 Å². The van der Waals surface area contributed by atoms with Crippen molar-refractivity contribution >= 4 is 10.9 Å². The van der Waals surface area contributed by atoms with Gasteiger partial charge in [-0.2, -0.15) is 4.39 Å². The van der Waals surface area contributed by atoms with E-state index in [1.807, 2.05) is 0 Å². The Bertz CT molecular complexity index is 1020. The fourth-order valence-corrected chi connectivity index (χ4v) is 2.87. The lowest BCUT2D eigenvalue weighted by Crippen LogP contribution is -2.21. The molecule has 1 saturated carbocycles. The van der Waals surface area contributed by atoms with Gasteiger partial charge in [-0.1, -0.05) is 24.3 Å². The van der Waals surface area contributed by atoms with Gasteiger partial charge in [-0.3, -0.25) is 9.36 Å². The van der Waals surface area contributed by atoms with E-state index in [0.717, 1.165) is 19.8 Å². The molecule has 4 nitrogen and oxygen atoms in total. The molecule has 25 heavy (non-hydrogen) atoms. The molecule has 1 fully saturated rings.